The highest BCUT2D eigenvalue weighted by molar-refractivity contribution is 7.99. The Morgan fingerprint density at radius 1 is 1.33 bits per heavy atom. The summed E-state index contributed by atoms with van der Waals surface area (Å²) in [5, 5.41) is 11.6. The average Bonchev–Trinajstić information content (AvgIpc) is 2.30. The van der Waals surface area contributed by atoms with E-state index in [1.54, 1.807) is 0 Å². The van der Waals surface area contributed by atoms with Crippen molar-refractivity contribution in [3.05, 3.63) is 0 Å². The molecule has 104 valence electrons. The Balaban J connectivity index is 2.20. The highest BCUT2D eigenvalue weighted by atomic mass is 32.2. The van der Waals surface area contributed by atoms with Crippen LogP contribution in [0.2, 0.25) is 0 Å². The quantitative estimate of drug-likeness (QED) is 0.728. The summed E-state index contributed by atoms with van der Waals surface area (Å²) in [5.74, 6) is 1.30. The molecule has 0 aliphatic heterocycles. The zero-order valence-corrected chi connectivity index (χ0v) is 12.0. The molecule has 5 heteroatoms. The van der Waals surface area contributed by atoms with Crippen molar-refractivity contribution in [2.45, 2.75) is 45.6 Å². The summed E-state index contributed by atoms with van der Waals surface area (Å²) >= 11 is 1.39. The number of hydrogen-bond acceptors (Lipinski definition) is 3. The molecular weight excluding hydrogens is 250 g/mol. The van der Waals surface area contributed by atoms with Crippen LogP contribution in [0.15, 0.2) is 0 Å². The fraction of sp³-hybridized carbons (Fsp3) is 0.846. The monoisotopic (exact) mass is 273 g/mol. The van der Waals surface area contributed by atoms with Crippen molar-refractivity contribution in [1.82, 2.24) is 5.32 Å². The first-order valence-corrected chi connectivity index (χ1v) is 7.75. The molecule has 2 N–H and O–H groups in total. The molecule has 1 rings (SSSR count). The summed E-state index contributed by atoms with van der Waals surface area (Å²) in [6.45, 7) is 4.44. The fourth-order valence-corrected chi connectivity index (χ4v) is 3.09. The number of thioether (sulfide) groups is 1. The van der Waals surface area contributed by atoms with Gasteiger partial charge in [-0.1, -0.05) is 26.7 Å². The molecule has 18 heavy (non-hydrogen) atoms. The van der Waals surface area contributed by atoms with Crippen LogP contribution < -0.4 is 5.32 Å². The Morgan fingerprint density at radius 3 is 2.72 bits per heavy atom. The summed E-state index contributed by atoms with van der Waals surface area (Å²) in [6.07, 6.45) is 3.62. The van der Waals surface area contributed by atoms with Crippen LogP contribution in [-0.2, 0) is 9.59 Å². The van der Waals surface area contributed by atoms with Gasteiger partial charge in [0.25, 0.3) is 0 Å². The van der Waals surface area contributed by atoms with Gasteiger partial charge in [-0.05, 0) is 18.3 Å². The molecule has 0 unspecified atom stereocenters. The highest BCUT2D eigenvalue weighted by Crippen LogP contribution is 2.29. The van der Waals surface area contributed by atoms with Crippen molar-refractivity contribution in [1.29, 1.82) is 0 Å². The van der Waals surface area contributed by atoms with Gasteiger partial charge in [0.05, 0.1) is 12.2 Å². The van der Waals surface area contributed by atoms with Crippen LogP contribution in [0.5, 0.6) is 0 Å². The standard InChI is InChI=1S/C13H23NO3S/c1-9-4-3-5-11(10(9)2)14-12(15)8-18-7-6-13(16)17/h9-11H,3-8H2,1-2H3,(H,14,15)(H,16,17)/t9-,10+,11-/m1/s1. The smallest absolute Gasteiger partial charge is 0.304 e. The third-order valence-electron chi connectivity index (χ3n) is 3.75. The maximum absolute atomic E-state index is 11.7. The number of carbonyl (C=O) groups excluding carboxylic acids is 1. The van der Waals surface area contributed by atoms with E-state index in [1.165, 1.54) is 24.6 Å². The molecule has 0 aromatic heterocycles. The first kappa shape index (κ1) is 15.3. The van der Waals surface area contributed by atoms with Crippen molar-refractivity contribution in [3.63, 3.8) is 0 Å². The number of amides is 1. The zero-order valence-electron chi connectivity index (χ0n) is 11.1. The minimum Gasteiger partial charge on any atom is -0.481 e. The number of carboxylic acid groups (broad SMARTS) is 1. The second-order valence-corrected chi connectivity index (χ2v) is 6.24. The van der Waals surface area contributed by atoms with Gasteiger partial charge < -0.3 is 10.4 Å². The molecule has 4 nitrogen and oxygen atoms in total. The van der Waals surface area contributed by atoms with E-state index in [0.29, 0.717) is 29.4 Å². The van der Waals surface area contributed by atoms with Gasteiger partial charge >= 0.3 is 5.97 Å². The molecule has 0 radical (unpaired) electrons. The third-order valence-corrected chi connectivity index (χ3v) is 4.71. The van der Waals surface area contributed by atoms with E-state index in [9.17, 15) is 9.59 Å². The second-order valence-electron chi connectivity index (χ2n) is 5.14. The molecule has 0 saturated heterocycles. The zero-order chi connectivity index (χ0) is 13.5. The van der Waals surface area contributed by atoms with Crippen LogP contribution in [0.25, 0.3) is 0 Å². The lowest BCUT2D eigenvalue weighted by atomic mass is 9.78. The molecule has 0 heterocycles. The number of carbonyl (C=O) groups is 2. The topological polar surface area (TPSA) is 66.4 Å². The molecular formula is C13H23NO3S. The van der Waals surface area contributed by atoms with Gasteiger partial charge in [-0.3, -0.25) is 9.59 Å². The average molecular weight is 273 g/mol. The third kappa shape index (κ3) is 5.29. The van der Waals surface area contributed by atoms with Crippen LogP contribution in [-0.4, -0.2) is 34.5 Å². The number of carboxylic acids is 1. The molecule has 0 spiro atoms. The van der Waals surface area contributed by atoms with Crippen molar-refractivity contribution in [3.8, 4) is 0 Å². The number of nitrogens with one attached hydrogen (secondary N) is 1. The van der Waals surface area contributed by atoms with Crippen LogP contribution in [0.4, 0.5) is 0 Å². The molecule has 3 atom stereocenters. The van der Waals surface area contributed by atoms with Gasteiger partial charge in [0.2, 0.25) is 5.91 Å². The normalized spacial score (nSPS) is 27.8. The summed E-state index contributed by atoms with van der Waals surface area (Å²) in [6, 6.07) is 0.293. The number of hydrogen-bond donors (Lipinski definition) is 2. The van der Waals surface area contributed by atoms with Crippen molar-refractivity contribution in [2.75, 3.05) is 11.5 Å². The predicted molar refractivity (Wildman–Crippen MR) is 73.7 cm³/mol. The van der Waals surface area contributed by atoms with E-state index < -0.39 is 5.97 Å². The van der Waals surface area contributed by atoms with Gasteiger partial charge in [-0.25, -0.2) is 0 Å². The predicted octanol–water partition coefficient (Wildman–Crippen LogP) is 2.14. The van der Waals surface area contributed by atoms with Gasteiger partial charge in [0, 0.05) is 11.8 Å². The largest absolute Gasteiger partial charge is 0.481 e. The Morgan fingerprint density at radius 2 is 2.06 bits per heavy atom. The minimum atomic E-state index is -0.808. The molecule has 0 aromatic carbocycles. The van der Waals surface area contributed by atoms with Gasteiger partial charge in [0.15, 0.2) is 0 Å². The Labute approximate surface area is 113 Å². The van der Waals surface area contributed by atoms with Gasteiger partial charge in [-0.15, -0.1) is 0 Å². The molecule has 1 saturated carbocycles. The van der Waals surface area contributed by atoms with Gasteiger partial charge in [0.1, 0.15) is 0 Å². The van der Waals surface area contributed by atoms with E-state index in [2.05, 4.69) is 19.2 Å². The molecule has 1 amide bonds. The number of aliphatic carboxylic acids is 1. The van der Waals surface area contributed by atoms with Crippen LogP contribution in [0.3, 0.4) is 0 Å². The Bertz CT molecular complexity index is 296. The lowest BCUT2D eigenvalue weighted by molar-refractivity contribution is -0.136. The van der Waals surface area contributed by atoms with Gasteiger partial charge in [-0.2, -0.15) is 11.8 Å². The molecule has 0 bridgehead atoms. The molecule has 1 fully saturated rings. The summed E-state index contributed by atoms with van der Waals surface area (Å²) in [5.41, 5.74) is 0. The molecule has 0 aromatic rings. The van der Waals surface area contributed by atoms with Crippen LogP contribution in [0, 0.1) is 11.8 Å². The van der Waals surface area contributed by atoms with E-state index in [4.69, 9.17) is 5.11 Å². The lowest BCUT2D eigenvalue weighted by Crippen LogP contribution is -2.44. The second kappa shape index (κ2) is 7.67. The minimum absolute atomic E-state index is 0.0383. The molecule has 1 aliphatic rings. The van der Waals surface area contributed by atoms with Crippen molar-refractivity contribution in [2.24, 2.45) is 11.8 Å². The number of rotatable bonds is 6. The SMILES string of the molecule is C[C@H]1[C@H](C)CCC[C@H]1NC(=O)CSCCC(=O)O. The van der Waals surface area contributed by atoms with E-state index in [1.807, 2.05) is 0 Å². The van der Waals surface area contributed by atoms with Crippen LogP contribution in [0.1, 0.15) is 39.5 Å². The van der Waals surface area contributed by atoms with E-state index >= 15 is 0 Å². The lowest BCUT2D eigenvalue weighted by Gasteiger charge is -2.34. The maximum Gasteiger partial charge on any atom is 0.304 e. The Hall–Kier alpha value is -0.710. The maximum atomic E-state index is 11.7. The van der Waals surface area contributed by atoms with E-state index in [-0.39, 0.29) is 12.3 Å². The van der Waals surface area contributed by atoms with Crippen LogP contribution >= 0.6 is 11.8 Å². The summed E-state index contributed by atoms with van der Waals surface area (Å²) < 4.78 is 0. The fourth-order valence-electron chi connectivity index (χ4n) is 2.36. The van der Waals surface area contributed by atoms with E-state index in [0.717, 1.165) is 6.42 Å². The van der Waals surface area contributed by atoms with Crippen molar-refractivity contribution >= 4 is 23.6 Å². The van der Waals surface area contributed by atoms with Crippen molar-refractivity contribution < 1.29 is 14.7 Å². The summed E-state index contributed by atoms with van der Waals surface area (Å²) in [7, 11) is 0. The first-order valence-electron chi connectivity index (χ1n) is 6.59. The Kier molecular flexibility index (Phi) is 6.54. The summed E-state index contributed by atoms with van der Waals surface area (Å²) in [4.78, 5) is 22.1. The first-order chi connectivity index (χ1) is 8.50. The molecule has 1 aliphatic carbocycles. The highest BCUT2D eigenvalue weighted by Gasteiger charge is 2.27.